The molecule has 0 bridgehead atoms. The van der Waals surface area contributed by atoms with Crippen LogP contribution in [0.15, 0.2) is 0 Å². The number of nitrogens with zero attached hydrogens (tertiary/aromatic N) is 2. The molecule has 16 heavy (non-hydrogen) atoms. The lowest BCUT2D eigenvalue weighted by molar-refractivity contribution is 0.199. The van der Waals surface area contributed by atoms with Gasteiger partial charge in [0, 0.05) is 26.1 Å². The summed E-state index contributed by atoms with van der Waals surface area (Å²) in [7, 11) is 1.71. The summed E-state index contributed by atoms with van der Waals surface area (Å²) in [6, 6.07) is 0. The minimum atomic E-state index is 0.685. The third-order valence-electron chi connectivity index (χ3n) is 2.95. The van der Waals surface area contributed by atoms with E-state index in [4.69, 9.17) is 4.74 Å². The summed E-state index contributed by atoms with van der Waals surface area (Å²) in [5.74, 6) is 0.685. The van der Waals surface area contributed by atoms with Crippen molar-refractivity contribution < 1.29 is 4.74 Å². The van der Waals surface area contributed by atoms with Crippen LogP contribution >= 0.6 is 11.3 Å². The molecule has 0 radical (unpaired) electrons. The second kappa shape index (κ2) is 6.27. The third-order valence-corrected chi connectivity index (χ3v) is 4.03. The first-order chi connectivity index (χ1) is 7.90. The van der Waals surface area contributed by atoms with Crippen molar-refractivity contribution >= 4 is 11.3 Å². The van der Waals surface area contributed by atoms with E-state index in [1.54, 1.807) is 18.4 Å². The predicted octanol–water partition coefficient (Wildman–Crippen LogP) is 1.93. The largest absolute Gasteiger partial charge is 0.383 e. The molecule has 0 unspecified atom stereocenters. The molecule has 1 aliphatic carbocycles. The van der Waals surface area contributed by atoms with Crippen LogP contribution in [-0.4, -0.2) is 30.5 Å². The van der Waals surface area contributed by atoms with Crippen LogP contribution in [0.4, 0.5) is 0 Å². The predicted molar refractivity (Wildman–Crippen MR) is 64.7 cm³/mol. The summed E-state index contributed by atoms with van der Waals surface area (Å²) < 4.78 is 4.97. The zero-order chi connectivity index (χ0) is 11.2. The second-order valence-corrected chi connectivity index (χ2v) is 5.28. The Hall–Kier alpha value is -0.520. The summed E-state index contributed by atoms with van der Waals surface area (Å²) >= 11 is 1.76. The highest BCUT2D eigenvalue weighted by Gasteiger charge is 2.20. The molecule has 2 rings (SSSR count). The van der Waals surface area contributed by atoms with E-state index < -0.39 is 0 Å². The van der Waals surface area contributed by atoms with Crippen molar-refractivity contribution in [2.24, 2.45) is 0 Å². The summed E-state index contributed by atoms with van der Waals surface area (Å²) in [5, 5.41) is 14.1. The van der Waals surface area contributed by atoms with Crippen LogP contribution in [0.2, 0.25) is 0 Å². The van der Waals surface area contributed by atoms with E-state index in [-0.39, 0.29) is 0 Å². The number of hydrogen-bond acceptors (Lipinski definition) is 5. The molecule has 0 aliphatic heterocycles. The molecule has 4 nitrogen and oxygen atoms in total. The number of methoxy groups -OCH3 is 1. The smallest absolute Gasteiger partial charge is 0.131 e. The van der Waals surface area contributed by atoms with E-state index >= 15 is 0 Å². The van der Waals surface area contributed by atoms with Crippen molar-refractivity contribution in [3.8, 4) is 0 Å². The third kappa shape index (κ3) is 3.23. The van der Waals surface area contributed by atoms with E-state index in [1.165, 1.54) is 30.7 Å². The Bertz CT molecular complexity index is 310. The van der Waals surface area contributed by atoms with Crippen molar-refractivity contribution in [3.63, 3.8) is 0 Å². The molecule has 0 saturated heterocycles. The normalized spacial score (nSPS) is 17.1. The van der Waals surface area contributed by atoms with Gasteiger partial charge < -0.3 is 10.1 Å². The zero-order valence-electron chi connectivity index (χ0n) is 9.74. The monoisotopic (exact) mass is 241 g/mol. The maximum atomic E-state index is 4.97. The van der Waals surface area contributed by atoms with Gasteiger partial charge in [0.15, 0.2) is 0 Å². The summed E-state index contributed by atoms with van der Waals surface area (Å²) in [4.78, 5) is 0. The van der Waals surface area contributed by atoms with Crippen LogP contribution in [0.25, 0.3) is 0 Å². The number of aromatic nitrogens is 2. The molecule has 1 aromatic rings. The number of rotatable bonds is 6. The van der Waals surface area contributed by atoms with Crippen LogP contribution in [0.5, 0.6) is 0 Å². The molecule has 5 heteroatoms. The molecule has 1 fully saturated rings. The van der Waals surface area contributed by atoms with Crippen LogP contribution in [-0.2, 0) is 11.3 Å². The van der Waals surface area contributed by atoms with Gasteiger partial charge in [0.2, 0.25) is 0 Å². The lowest BCUT2D eigenvalue weighted by Gasteiger charge is -2.01. The molecule has 1 aromatic heterocycles. The van der Waals surface area contributed by atoms with Crippen LogP contribution in [0.1, 0.15) is 41.6 Å². The molecule has 1 heterocycles. The minimum Gasteiger partial charge on any atom is -0.383 e. The highest BCUT2D eigenvalue weighted by Crippen LogP contribution is 2.35. The Labute approximate surface area is 100 Å². The van der Waals surface area contributed by atoms with Gasteiger partial charge in [-0.15, -0.1) is 10.2 Å². The first-order valence-electron chi connectivity index (χ1n) is 5.92. The molecule has 0 spiro atoms. The Morgan fingerprint density at radius 2 is 2.19 bits per heavy atom. The zero-order valence-corrected chi connectivity index (χ0v) is 10.6. The van der Waals surface area contributed by atoms with Crippen LogP contribution in [0.3, 0.4) is 0 Å². The number of ether oxygens (including phenoxy) is 1. The van der Waals surface area contributed by atoms with E-state index in [9.17, 15) is 0 Å². The minimum absolute atomic E-state index is 0.685. The lowest BCUT2D eigenvalue weighted by atomic mass is 10.1. The van der Waals surface area contributed by atoms with Gasteiger partial charge in [0.05, 0.1) is 6.61 Å². The molecule has 1 aliphatic rings. The molecule has 0 atom stereocenters. The second-order valence-electron chi connectivity index (χ2n) is 4.18. The molecule has 1 saturated carbocycles. The maximum absolute atomic E-state index is 4.97. The standard InChI is InChI=1S/C11H19N3OS/c1-15-7-6-12-8-10-13-14-11(16-10)9-4-2-3-5-9/h9,12H,2-8H2,1H3. The molecule has 0 aromatic carbocycles. The Morgan fingerprint density at radius 1 is 1.38 bits per heavy atom. The average molecular weight is 241 g/mol. The quantitative estimate of drug-likeness (QED) is 0.773. The van der Waals surface area contributed by atoms with Gasteiger partial charge in [-0.1, -0.05) is 24.2 Å². The Kier molecular flexibility index (Phi) is 4.69. The first-order valence-corrected chi connectivity index (χ1v) is 6.73. The summed E-state index contributed by atoms with van der Waals surface area (Å²) in [6.45, 7) is 2.43. The van der Waals surface area contributed by atoms with E-state index in [2.05, 4.69) is 15.5 Å². The highest BCUT2D eigenvalue weighted by atomic mass is 32.1. The fourth-order valence-corrected chi connectivity index (χ4v) is 3.03. The van der Waals surface area contributed by atoms with Crippen LogP contribution in [0, 0.1) is 0 Å². The maximum Gasteiger partial charge on any atom is 0.131 e. The molecular formula is C11H19N3OS. The molecule has 1 N–H and O–H groups in total. The van der Waals surface area contributed by atoms with Crippen molar-refractivity contribution in [1.29, 1.82) is 0 Å². The first kappa shape index (κ1) is 12.0. The fraction of sp³-hybridized carbons (Fsp3) is 0.818. The number of hydrogen-bond donors (Lipinski definition) is 1. The Balaban J connectivity index is 1.77. The van der Waals surface area contributed by atoms with E-state index in [0.29, 0.717) is 5.92 Å². The van der Waals surface area contributed by atoms with Gasteiger partial charge in [-0.05, 0) is 12.8 Å². The highest BCUT2D eigenvalue weighted by molar-refractivity contribution is 7.11. The SMILES string of the molecule is COCCNCc1nnc(C2CCCC2)s1. The Morgan fingerprint density at radius 3 is 2.94 bits per heavy atom. The van der Waals surface area contributed by atoms with Gasteiger partial charge in [0.25, 0.3) is 0 Å². The molecule has 90 valence electrons. The van der Waals surface area contributed by atoms with Crippen molar-refractivity contribution in [2.75, 3.05) is 20.3 Å². The average Bonchev–Trinajstić information content (AvgIpc) is 2.94. The fourth-order valence-electron chi connectivity index (χ4n) is 2.05. The van der Waals surface area contributed by atoms with Crippen molar-refractivity contribution in [2.45, 2.75) is 38.1 Å². The summed E-state index contributed by atoms with van der Waals surface area (Å²) in [5.41, 5.74) is 0. The van der Waals surface area contributed by atoms with Crippen molar-refractivity contribution in [3.05, 3.63) is 10.0 Å². The van der Waals surface area contributed by atoms with Crippen LogP contribution < -0.4 is 5.32 Å². The van der Waals surface area contributed by atoms with E-state index in [0.717, 1.165) is 24.7 Å². The van der Waals surface area contributed by atoms with Gasteiger partial charge in [-0.3, -0.25) is 0 Å². The van der Waals surface area contributed by atoms with Gasteiger partial charge in [-0.2, -0.15) is 0 Å². The van der Waals surface area contributed by atoms with E-state index in [1.807, 2.05) is 0 Å². The van der Waals surface area contributed by atoms with Gasteiger partial charge >= 0.3 is 0 Å². The summed E-state index contributed by atoms with van der Waals surface area (Å²) in [6.07, 6.45) is 5.30. The molecular weight excluding hydrogens is 222 g/mol. The topological polar surface area (TPSA) is 47.0 Å². The van der Waals surface area contributed by atoms with Gasteiger partial charge in [-0.25, -0.2) is 0 Å². The number of nitrogens with one attached hydrogen (secondary N) is 1. The lowest BCUT2D eigenvalue weighted by Crippen LogP contribution is -2.18. The van der Waals surface area contributed by atoms with Gasteiger partial charge in [0.1, 0.15) is 10.0 Å². The molecule has 0 amide bonds. The van der Waals surface area contributed by atoms with Crippen molar-refractivity contribution in [1.82, 2.24) is 15.5 Å².